The molecule has 0 amide bonds. The molecule has 1 rings (SSSR count). The smallest absolute Gasteiger partial charge is 0.233 e. The van der Waals surface area contributed by atoms with E-state index in [1.165, 1.54) is 0 Å². The molecule has 0 saturated carbocycles. The van der Waals surface area contributed by atoms with Gasteiger partial charge in [0.2, 0.25) is 9.05 Å². The van der Waals surface area contributed by atoms with E-state index in [0.29, 0.717) is 10.8 Å². The van der Waals surface area contributed by atoms with Crippen LogP contribution in [-0.2, 0) is 9.05 Å². The van der Waals surface area contributed by atoms with Crippen LogP contribution in [0.2, 0.25) is 5.02 Å². The highest BCUT2D eigenvalue weighted by molar-refractivity contribution is 8.13. The first kappa shape index (κ1) is 14.6. The molecule has 0 spiro atoms. The molecule has 0 heterocycles. The predicted octanol–water partition coefficient (Wildman–Crippen LogP) is 3.31. The van der Waals surface area contributed by atoms with E-state index in [1.807, 2.05) is 0 Å². The molecule has 0 bridgehead atoms. The van der Waals surface area contributed by atoms with Crippen molar-refractivity contribution in [1.29, 1.82) is 0 Å². The van der Waals surface area contributed by atoms with E-state index in [9.17, 15) is 8.42 Å². The molecule has 96 valence electrons. The SMILES string of the molecule is CC(C)(COc1cccc(Cl)c1)CS(=O)(=O)Cl. The van der Waals surface area contributed by atoms with Gasteiger partial charge in [-0.05, 0) is 18.2 Å². The van der Waals surface area contributed by atoms with Gasteiger partial charge >= 0.3 is 0 Å². The van der Waals surface area contributed by atoms with E-state index in [1.54, 1.807) is 38.1 Å². The lowest BCUT2D eigenvalue weighted by molar-refractivity contribution is 0.200. The number of halogens is 2. The third-order valence-corrected chi connectivity index (χ3v) is 3.68. The summed E-state index contributed by atoms with van der Waals surface area (Å²) < 4.78 is 27.5. The van der Waals surface area contributed by atoms with Crippen LogP contribution in [0.4, 0.5) is 0 Å². The first-order valence-corrected chi connectivity index (χ1v) is 7.84. The van der Waals surface area contributed by atoms with Crippen LogP contribution in [0.1, 0.15) is 13.8 Å². The van der Waals surface area contributed by atoms with Crippen LogP contribution in [0.15, 0.2) is 24.3 Å². The van der Waals surface area contributed by atoms with Crippen molar-refractivity contribution < 1.29 is 13.2 Å². The minimum Gasteiger partial charge on any atom is -0.493 e. The number of benzene rings is 1. The van der Waals surface area contributed by atoms with Crippen molar-refractivity contribution in [2.75, 3.05) is 12.4 Å². The minimum atomic E-state index is -3.53. The van der Waals surface area contributed by atoms with Crippen molar-refractivity contribution in [3.63, 3.8) is 0 Å². The molecule has 6 heteroatoms. The van der Waals surface area contributed by atoms with Crippen molar-refractivity contribution in [2.24, 2.45) is 5.41 Å². The van der Waals surface area contributed by atoms with Crippen LogP contribution < -0.4 is 4.74 Å². The molecule has 0 aliphatic carbocycles. The Labute approximate surface area is 111 Å². The highest BCUT2D eigenvalue weighted by Crippen LogP contribution is 2.23. The van der Waals surface area contributed by atoms with Crippen LogP contribution in [0.5, 0.6) is 5.75 Å². The highest BCUT2D eigenvalue weighted by Gasteiger charge is 2.25. The predicted molar refractivity (Wildman–Crippen MR) is 70.4 cm³/mol. The molecular weight excluding hydrogens is 283 g/mol. The molecule has 0 saturated heterocycles. The molecule has 0 fully saturated rings. The van der Waals surface area contributed by atoms with Gasteiger partial charge in [0.1, 0.15) is 5.75 Å². The molecule has 1 aromatic rings. The normalized spacial score (nSPS) is 12.5. The number of ether oxygens (including phenoxy) is 1. The van der Waals surface area contributed by atoms with Crippen molar-refractivity contribution >= 4 is 31.3 Å². The first-order chi connectivity index (χ1) is 7.68. The zero-order chi connectivity index (χ0) is 13.1. The van der Waals surface area contributed by atoms with Gasteiger partial charge in [-0.15, -0.1) is 0 Å². The molecule has 0 radical (unpaired) electrons. The van der Waals surface area contributed by atoms with Gasteiger partial charge in [0, 0.05) is 21.1 Å². The van der Waals surface area contributed by atoms with Crippen molar-refractivity contribution in [3.8, 4) is 5.75 Å². The van der Waals surface area contributed by atoms with Gasteiger partial charge in [0.15, 0.2) is 0 Å². The number of rotatable bonds is 5. The molecule has 0 unspecified atom stereocenters. The van der Waals surface area contributed by atoms with Gasteiger partial charge in [-0.2, -0.15) is 0 Å². The van der Waals surface area contributed by atoms with E-state index >= 15 is 0 Å². The summed E-state index contributed by atoms with van der Waals surface area (Å²) in [4.78, 5) is 0. The Hall–Kier alpha value is -0.450. The fourth-order valence-corrected chi connectivity index (χ4v) is 3.43. The van der Waals surface area contributed by atoms with Gasteiger partial charge in [0.05, 0.1) is 12.4 Å². The van der Waals surface area contributed by atoms with E-state index in [0.717, 1.165) is 0 Å². The summed E-state index contributed by atoms with van der Waals surface area (Å²) in [6.07, 6.45) is 0. The summed E-state index contributed by atoms with van der Waals surface area (Å²) >= 11 is 5.80. The number of hydrogen-bond acceptors (Lipinski definition) is 3. The van der Waals surface area contributed by atoms with E-state index < -0.39 is 14.5 Å². The van der Waals surface area contributed by atoms with Crippen LogP contribution >= 0.6 is 22.3 Å². The summed E-state index contributed by atoms with van der Waals surface area (Å²) in [5, 5.41) is 0.574. The summed E-state index contributed by atoms with van der Waals surface area (Å²) in [6, 6.07) is 6.94. The average molecular weight is 297 g/mol. The molecule has 0 aliphatic heterocycles. The highest BCUT2D eigenvalue weighted by atomic mass is 35.7. The molecule has 0 aromatic heterocycles. The quantitative estimate of drug-likeness (QED) is 0.783. The Morgan fingerprint density at radius 3 is 2.53 bits per heavy atom. The molecule has 17 heavy (non-hydrogen) atoms. The lowest BCUT2D eigenvalue weighted by Crippen LogP contribution is -2.28. The fraction of sp³-hybridized carbons (Fsp3) is 0.455. The van der Waals surface area contributed by atoms with Crippen molar-refractivity contribution in [3.05, 3.63) is 29.3 Å². The molecule has 0 aliphatic rings. The third kappa shape index (κ3) is 6.15. The Kier molecular flexibility index (Phi) is 4.69. The van der Waals surface area contributed by atoms with Crippen LogP contribution in [0.25, 0.3) is 0 Å². The lowest BCUT2D eigenvalue weighted by atomic mass is 9.98. The van der Waals surface area contributed by atoms with Gasteiger partial charge in [0.25, 0.3) is 0 Å². The van der Waals surface area contributed by atoms with E-state index in [-0.39, 0.29) is 12.4 Å². The van der Waals surface area contributed by atoms with Gasteiger partial charge < -0.3 is 4.74 Å². The zero-order valence-electron chi connectivity index (χ0n) is 9.61. The summed E-state index contributed by atoms with van der Waals surface area (Å²) in [5.74, 6) is 0.472. The minimum absolute atomic E-state index is 0.137. The standard InChI is InChI=1S/C11H14Cl2O3S/c1-11(2,8-17(13,14)15)7-16-10-5-3-4-9(12)6-10/h3-6H,7-8H2,1-2H3. The van der Waals surface area contributed by atoms with Gasteiger partial charge in [-0.25, -0.2) is 8.42 Å². The van der Waals surface area contributed by atoms with Crippen molar-refractivity contribution in [2.45, 2.75) is 13.8 Å². The summed E-state index contributed by atoms with van der Waals surface area (Å²) in [5.41, 5.74) is -0.553. The number of hydrogen-bond donors (Lipinski definition) is 0. The molecule has 3 nitrogen and oxygen atoms in total. The maximum Gasteiger partial charge on any atom is 0.233 e. The van der Waals surface area contributed by atoms with Crippen LogP contribution in [0.3, 0.4) is 0 Å². The summed E-state index contributed by atoms with van der Waals surface area (Å²) in [7, 11) is 1.69. The fourth-order valence-electron chi connectivity index (χ4n) is 1.34. The third-order valence-electron chi connectivity index (χ3n) is 1.99. The second-order valence-electron chi connectivity index (χ2n) is 4.59. The monoisotopic (exact) mass is 296 g/mol. The topological polar surface area (TPSA) is 43.4 Å². The first-order valence-electron chi connectivity index (χ1n) is 4.99. The van der Waals surface area contributed by atoms with Crippen LogP contribution in [-0.4, -0.2) is 20.8 Å². The van der Waals surface area contributed by atoms with Gasteiger partial charge in [-0.1, -0.05) is 31.5 Å². The Bertz CT molecular complexity index is 483. The Balaban J connectivity index is 2.61. The lowest BCUT2D eigenvalue weighted by Gasteiger charge is -2.22. The molecule has 1 aromatic carbocycles. The van der Waals surface area contributed by atoms with E-state index in [2.05, 4.69) is 0 Å². The maximum absolute atomic E-state index is 11.0. The molecule has 0 N–H and O–H groups in total. The summed E-state index contributed by atoms with van der Waals surface area (Å²) in [6.45, 7) is 3.80. The average Bonchev–Trinajstić information content (AvgIpc) is 2.11. The Morgan fingerprint density at radius 2 is 2.00 bits per heavy atom. The van der Waals surface area contributed by atoms with Crippen molar-refractivity contribution in [1.82, 2.24) is 0 Å². The Morgan fingerprint density at radius 1 is 1.35 bits per heavy atom. The largest absolute Gasteiger partial charge is 0.493 e. The zero-order valence-corrected chi connectivity index (χ0v) is 11.9. The van der Waals surface area contributed by atoms with E-state index in [4.69, 9.17) is 27.0 Å². The van der Waals surface area contributed by atoms with Gasteiger partial charge in [-0.3, -0.25) is 0 Å². The second-order valence-corrected chi connectivity index (χ2v) is 7.81. The maximum atomic E-state index is 11.0. The molecular formula is C11H14Cl2O3S. The second kappa shape index (κ2) is 5.46. The van der Waals surface area contributed by atoms with Crippen LogP contribution in [0, 0.1) is 5.41 Å². The molecule has 0 atom stereocenters.